The number of carbonyl (C=O) groups is 1. The first-order valence-corrected chi connectivity index (χ1v) is 9.63. The molecule has 9 heteroatoms. The molecular weight excluding hydrogens is 391 g/mol. The van der Waals surface area contributed by atoms with Crippen LogP contribution >= 0.6 is 11.5 Å². The summed E-state index contributed by atoms with van der Waals surface area (Å²) >= 11 is 1.23. The zero-order chi connectivity index (χ0) is 20.6. The molecule has 0 unspecified atom stereocenters. The molecule has 1 fully saturated rings. The van der Waals surface area contributed by atoms with Gasteiger partial charge in [0.25, 0.3) is 0 Å². The van der Waals surface area contributed by atoms with Crippen LogP contribution in [0.5, 0.6) is 0 Å². The normalized spacial score (nSPS) is 20.0. The fraction of sp³-hybridized carbons (Fsp3) is 0.200. The van der Waals surface area contributed by atoms with Crippen molar-refractivity contribution in [2.75, 3.05) is 10.6 Å². The average Bonchev–Trinajstić information content (AvgIpc) is 3.31. The molecule has 0 bridgehead atoms. The third-order valence-corrected chi connectivity index (χ3v) is 5.71. The summed E-state index contributed by atoms with van der Waals surface area (Å²) in [5.74, 6) is -1.47. The molecule has 0 radical (unpaired) electrons. The Bertz CT molecular complexity index is 1130. The molecule has 4 N–H and O–H groups in total. The molecule has 0 saturated heterocycles. The molecule has 146 valence electrons. The van der Waals surface area contributed by atoms with Crippen LogP contribution in [-0.2, 0) is 4.79 Å². The van der Waals surface area contributed by atoms with Gasteiger partial charge < -0.3 is 16.4 Å². The molecule has 3 aromatic rings. The lowest BCUT2D eigenvalue weighted by atomic mass is 10.1. The highest BCUT2D eigenvalue weighted by Crippen LogP contribution is 2.53. The second-order valence-electron chi connectivity index (χ2n) is 6.92. The van der Waals surface area contributed by atoms with Crippen LogP contribution in [0.4, 0.5) is 20.8 Å². The highest BCUT2D eigenvalue weighted by molar-refractivity contribution is 7.10. The number of primary amides is 1. The Kier molecular flexibility index (Phi) is 4.64. The second-order valence-corrected chi connectivity index (χ2v) is 7.72. The fourth-order valence-corrected chi connectivity index (χ4v) is 4.01. The van der Waals surface area contributed by atoms with Crippen LogP contribution in [-0.4, -0.2) is 20.8 Å². The van der Waals surface area contributed by atoms with Crippen LogP contribution in [0.15, 0.2) is 42.6 Å². The molecule has 2 atom stereocenters. The molecule has 1 aliphatic rings. The van der Waals surface area contributed by atoms with Gasteiger partial charge in [-0.3, -0.25) is 9.78 Å². The van der Waals surface area contributed by atoms with Gasteiger partial charge in [0.1, 0.15) is 22.4 Å². The number of rotatable bonds is 6. The fourth-order valence-electron chi connectivity index (χ4n) is 3.33. The van der Waals surface area contributed by atoms with Gasteiger partial charge in [-0.1, -0.05) is 6.07 Å². The monoisotopic (exact) mass is 408 g/mol. The van der Waals surface area contributed by atoms with E-state index in [1.807, 2.05) is 31.2 Å². The quantitative estimate of drug-likeness (QED) is 0.575. The lowest BCUT2D eigenvalue weighted by molar-refractivity contribution is -0.119. The lowest BCUT2D eigenvalue weighted by Gasteiger charge is -2.19. The van der Waals surface area contributed by atoms with E-state index >= 15 is 0 Å². The summed E-state index contributed by atoms with van der Waals surface area (Å²) in [6.45, 7) is 1.85. The number of aryl methyl sites for hydroxylation is 1. The number of anilines is 3. The summed E-state index contributed by atoms with van der Waals surface area (Å²) in [4.78, 5) is 16.5. The topological polar surface area (TPSA) is 117 Å². The van der Waals surface area contributed by atoms with E-state index in [9.17, 15) is 14.4 Å². The Morgan fingerprint density at radius 1 is 1.38 bits per heavy atom. The first-order chi connectivity index (χ1) is 13.9. The largest absolute Gasteiger partial charge is 0.368 e. The van der Waals surface area contributed by atoms with E-state index in [0.717, 1.165) is 16.8 Å². The van der Waals surface area contributed by atoms with Gasteiger partial charge in [-0.2, -0.15) is 9.64 Å². The zero-order valence-electron chi connectivity index (χ0n) is 15.4. The number of carbonyl (C=O) groups excluding carboxylic acids is 1. The molecule has 1 saturated carbocycles. The van der Waals surface area contributed by atoms with Crippen LogP contribution in [0.25, 0.3) is 0 Å². The number of benzene rings is 1. The molecule has 0 spiro atoms. The first-order valence-electron chi connectivity index (χ1n) is 8.86. The van der Waals surface area contributed by atoms with Crippen molar-refractivity contribution in [2.45, 2.75) is 24.8 Å². The van der Waals surface area contributed by atoms with Crippen LogP contribution in [0.2, 0.25) is 0 Å². The Labute approximate surface area is 170 Å². The number of nitrogens with two attached hydrogens (primary N) is 1. The molecule has 1 aliphatic carbocycles. The Morgan fingerprint density at radius 3 is 2.83 bits per heavy atom. The summed E-state index contributed by atoms with van der Waals surface area (Å²) < 4.78 is 18.9. The highest BCUT2D eigenvalue weighted by atomic mass is 32.1. The van der Waals surface area contributed by atoms with Gasteiger partial charge in [-0.25, -0.2) is 4.39 Å². The van der Waals surface area contributed by atoms with Gasteiger partial charge in [0.15, 0.2) is 0 Å². The summed E-state index contributed by atoms with van der Waals surface area (Å²) in [7, 11) is 0. The van der Waals surface area contributed by atoms with Crippen molar-refractivity contribution in [3.05, 3.63) is 65.4 Å². The molecule has 2 aromatic heterocycles. The van der Waals surface area contributed by atoms with Crippen molar-refractivity contribution < 1.29 is 9.18 Å². The van der Waals surface area contributed by atoms with Crippen molar-refractivity contribution in [1.29, 1.82) is 5.26 Å². The number of amides is 1. The van der Waals surface area contributed by atoms with E-state index < -0.39 is 17.3 Å². The minimum atomic E-state index is -1.12. The third-order valence-electron chi connectivity index (χ3n) is 4.92. The minimum Gasteiger partial charge on any atom is -0.368 e. The van der Waals surface area contributed by atoms with Crippen molar-refractivity contribution in [2.24, 2.45) is 5.73 Å². The number of pyridine rings is 1. The molecular formula is C20H17FN6OS. The smallest absolute Gasteiger partial charge is 0.243 e. The van der Waals surface area contributed by atoms with E-state index in [0.29, 0.717) is 17.8 Å². The highest BCUT2D eigenvalue weighted by Gasteiger charge is 2.61. The van der Waals surface area contributed by atoms with Gasteiger partial charge in [0.05, 0.1) is 22.6 Å². The van der Waals surface area contributed by atoms with Crippen molar-refractivity contribution >= 4 is 33.8 Å². The maximum atomic E-state index is 14.7. The van der Waals surface area contributed by atoms with E-state index in [1.54, 1.807) is 12.3 Å². The predicted octanol–water partition coefficient (Wildman–Crippen LogP) is 3.42. The van der Waals surface area contributed by atoms with E-state index in [-0.39, 0.29) is 17.2 Å². The maximum absolute atomic E-state index is 14.7. The van der Waals surface area contributed by atoms with Crippen LogP contribution in [0, 0.1) is 24.1 Å². The average molecular weight is 408 g/mol. The molecule has 0 aliphatic heterocycles. The summed E-state index contributed by atoms with van der Waals surface area (Å²) in [5.41, 5.74) is 6.72. The van der Waals surface area contributed by atoms with Gasteiger partial charge >= 0.3 is 0 Å². The molecule has 7 nitrogen and oxygen atoms in total. The second kappa shape index (κ2) is 7.14. The number of hydrogen-bond donors (Lipinski definition) is 3. The summed E-state index contributed by atoms with van der Waals surface area (Å²) in [6.07, 6.45) is 2.05. The number of aromatic nitrogens is 2. The first kappa shape index (κ1) is 18.8. The third kappa shape index (κ3) is 3.50. The predicted molar refractivity (Wildman–Crippen MR) is 108 cm³/mol. The van der Waals surface area contributed by atoms with Gasteiger partial charge in [-0.05, 0) is 55.2 Å². The Morgan fingerprint density at radius 2 is 2.21 bits per heavy atom. The number of halogens is 1. The number of nitrogens with one attached hydrogen (secondary N) is 2. The summed E-state index contributed by atoms with van der Waals surface area (Å²) in [6, 6.07) is 11.8. The summed E-state index contributed by atoms with van der Waals surface area (Å²) in [5, 5.41) is 16.2. The van der Waals surface area contributed by atoms with Crippen LogP contribution in [0.3, 0.4) is 0 Å². The lowest BCUT2D eigenvalue weighted by Crippen LogP contribution is -2.39. The van der Waals surface area contributed by atoms with Crippen LogP contribution in [0.1, 0.15) is 29.3 Å². The molecule has 2 heterocycles. The number of nitriles is 1. The van der Waals surface area contributed by atoms with Crippen molar-refractivity contribution in [3.63, 3.8) is 0 Å². The molecule has 1 aromatic carbocycles. The number of hydrogen-bond acceptors (Lipinski definition) is 7. The van der Waals surface area contributed by atoms with Gasteiger partial charge in [-0.15, -0.1) is 0 Å². The van der Waals surface area contributed by atoms with E-state index in [1.165, 1.54) is 17.6 Å². The van der Waals surface area contributed by atoms with E-state index in [4.69, 9.17) is 5.73 Å². The zero-order valence-corrected chi connectivity index (χ0v) is 16.3. The minimum absolute atomic E-state index is 0.0879. The van der Waals surface area contributed by atoms with Crippen molar-refractivity contribution in [3.8, 4) is 6.07 Å². The Balaban J connectivity index is 1.66. The molecule has 4 rings (SSSR count). The van der Waals surface area contributed by atoms with Gasteiger partial charge in [0, 0.05) is 17.8 Å². The van der Waals surface area contributed by atoms with Crippen molar-refractivity contribution in [1.82, 2.24) is 9.36 Å². The Hall–Kier alpha value is -3.51. The standard InChI is InChI=1S/C20H17FN6OS/c1-11-6-18(29-27-11)25-16-8-17(14(21)7-12(16)10-22)26-20(19(23)28)9-13(20)15-4-2-3-5-24-15/h2-8,13,25-26H,9H2,1H3,(H2,23,28)/t13-,20+/m1/s1. The SMILES string of the molecule is Cc1cc(Nc2cc(N[C@@]3(C(N)=O)C[C@@H]3c3ccccn3)c(F)cc2C#N)sn1. The molecule has 1 amide bonds. The van der Waals surface area contributed by atoms with Gasteiger partial charge in [0.2, 0.25) is 5.91 Å². The molecule has 29 heavy (non-hydrogen) atoms. The number of nitrogens with zero attached hydrogens (tertiary/aromatic N) is 3. The van der Waals surface area contributed by atoms with Crippen LogP contribution < -0.4 is 16.4 Å². The maximum Gasteiger partial charge on any atom is 0.243 e. The van der Waals surface area contributed by atoms with E-state index in [2.05, 4.69) is 20.0 Å².